The summed E-state index contributed by atoms with van der Waals surface area (Å²) >= 11 is 0. The molecule has 0 saturated heterocycles. The molecule has 0 spiro atoms. The Morgan fingerprint density at radius 2 is 2.00 bits per heavy atom. The van der Waals surface area contributed by atoms with Crippen molar-refractivity contribution >= 4 is 5.96 Å². The third-order valence-corrected chi connectivity index (χ3v) is 4.31. The van der Waals surface area contributed by atoms with Crippen LogP contribution in [0, 0.1) is 6.92 Å². The molecule has 28 heavy (non-hydrogen) atoms. The van der Waals surface area contributed by atoms with Crippen molar-refractivity contribution in [3.05, 3.63) is 53.3 Å². The number of nitrogens with one attached hydrogen (secondary N) is 2. The maximum Gasteiger partial charge on any atom is 0.191 e. The molecule has 1 aromatic carbocycles. The number of aliphatic imine (C=N–C) groups is 1. The topological polar surface area (TPSA) is 67.8 Å². The van der Waals surface area contributed by atoms with Gasteiger partial charge in [-0.05, 0) is 62.9 Å². The van der Waals surface area contributed by atoms with Gasteiger partial charge in [-0.1, -0.05) is 12.1 Å². The quantitative estimate of drug-likeness (QED) is 0.373. The van der Waals surface area contributed by atoms with Gasteiger partial charge in [0.15, 0.2) is 17.5 Å². The van der Waals surface area contributed by atoms with Crippen molar-refractivity contribution < 1.29 is 9.47 Å². The summed E-state index contributed by atoms with van der Waals surface area (Å²) in [6.07, 6.45) is 3.75. The maximum atomic E-state index is 5.65. The van der Waals surface area contributed by atoms with Crippen molar-refractivity contribution in [1.82, 2.24) is 15.6 Å². The fraction of sp³-hybridized carbons (Fsp3) is 0.455. The third-order valence-electron chi connectivity index (χ3n) is 4.31. The number of benzene rings is 1. The summed E-state index contributed by atoms with van der Waals surface area (Å²) in [5.41, 5.74) is 3.39. The molecule has 0 saturated carbocycles. The zero-order chi connectivity index (χ0) is 20.2. The maximum absolute atomic E-state index is 5.65. The number of pyridine rings is 1. The normalized spacial score (nSPS) is 11.2. The summed E-state index contributed by atoms with van der Waals surface area (Å²) in [5, 5.41) is 6.68. The number of nitrogens with zero attached hydrogens (tertiary/aromatic N) is 2. The third kappa shape index (κ3) is 6.76. The van der Waals surface area contributed by atoms with E-state index in [0.717, 1.165) is 54.6 Å². The van der Waals surface area contributed by atoms with Crippen LogP contribution < -0.4 is 20.1 Å². The highest BCUT2D eigenvalue weighted by Gasteiger charge is 2.06. The Bertz CT molecular complexity index is 762. The minimum Gasteiger partial charge on any atom is -0.493 e. The molecule has 0 amide bonds. The number of rotatable bonds is 10. The molecule has 0 fully saturated rings. The Labute approximate surface area is 168 Å². The first-order chi connectivity index (χ1) is 13.7. The molecule has 0 bridgehead atoms. The lowest BCUT2D eigenvalue weighted by atomic mass is 10.1. The molecule has 2 N–H and O–H groups in total. The van der Waals surface area contributed by atoms with E-state index in [2.05, 4.69) is 52.7 Å². The SMILES string of the molecule is CCNC(=NCc1ncccc1C)NCCCc1ccc(OC)c(OCC)c1. The molecule has 6 heteroatoms. The Morgan fingerprint density at radius 3 is 2.71 bits per heavy atom. The molecule has 2 aromatic rings. The van der Waals surface area contributed by atoms with Crippen LogP contribution in [-0.2, 0) is 13.0 Å². The van der Waals surface area contributed by atoms with Gasteiger partial charge in [-0.15, -0.1) is 0 Å². The number of methoxy groups -OCH3 is 1. The van der Waals surface area contributed by atoms with Crippen LogP contribution in [0.3, 0.4) is 0 Å². The molecule has 1 aromatic heterocycles. The first-order valence-corrected chi connectivity index (χ1v) is 9.90. The van der Waals surface area contributed by atoms with E-state index in [1.54, 1.807) is 7.11 Å². The van der Waals surface area contributed by atoms with Crippen LogP contribution >= 0.6 is 0 Å². The predicted octanol–water partition coefficient (Wildman–Crippen LogP) is 3.49. The van der Waals surface area contributed by atoms with Gasteiger partial charge in [-0.25, -0.2) is 4.99 Å². The average Bonchev–Trinajstić information content (AvgIpc) is 2.70. The second-order valence-electron chi connectivity index (χ2n) is 6.41. The molecule has 0 atom stereocenters. The van der Waals surface area contributed by atoms with Crippen molar-refractivity contribution in [1.29, 1.82) is 0 Å². The van der Waals surface area contributed by atoms with Crippen molar-refractivity contribution in [2.24, 2.45) is 4.99 Å². The minimum atomic E-state index is 0.568. The molecule has 1 heterocycles. The fourth-order valence-corrected chi connectivity index (χ4v) is 2.82. The monoisotopic (exact) mass is 384 g/mol. The fourth-order valence-electron chi connectivity index (χ4n) is 2.82. The molecule has 0 unspecified atom stereocenters. The highest BCUT2D eigenvalue weighted by molar-refractivity contribution is 5.79. The molecule has 6 nitrogen and oxygen atoms in total. The number of hydrogen-bond donors (Lipinski definition) is 2. The van der Waals surface area contributed by atoms with Crippen molar-refractivity contribution in [2.75, 3.05) is 26.8 Å². The van der Waals surface area contributed by atoms with Gasteiger partial charge in [-0.2, -0.15) is 0 Å². The Hall–Kier alpha value is -2.76. The Balaban J connectivity index is 1.86. The number of aromatic nitrogens is 1. The summed E-state index contributed by atoms with van der Waals surface area (Å²) in [6, 6.07) is 10.1. The van der Waals surface area contributed by atoms with Gasteiger partial charge in [0, 0.05) is 19.3 Å². The molecular weight excluding hydrogens is 352 g/mol. The largest absolute Gasteiger partial charge is 0.493 e. The second-order valence-corrected chi connectivity index (χ2v) is 6.41. The number of guanidine groups is 1. The van der Waals surface area contributed by atoms with Crippen LogP contribution in [-0.4, -0.2) is 37.7 Å². The van der Waals surface area contributed by atoms with E-state index in [0.29, 0.717) is 13.2 Å². The van der Waals surface area contributed by atoms with Crippen LogP contribution in [0.25, 0.3) is 0 Å². The minimum absolute atomic E-state index is 0.568. The Kier molecular flexibility index (Phi) is 9.11. The van der Waals surface area contributed by atoms with Crippen LogP contribution in [0.15, 0.2) is 41.5 Å². The summed E-state index contributed by atoms with van der Waals surface area (Å²) in [5.74, 6) is 2.39. The van der Waals surface area contributed by atoms with Gasteiger partial charge >= 0.3 is 0 Å². The Morgan fingerprint density at radius 1 is 1.14 bits per heavy atom. The van der Waals surface area contributed by atoms with E-state index in [4.69, 9.17) is 9.47 Å². The van der Waals surface area contributed by atoms with Gasteiger partial charge in [0.1, 0.15) is 0 Å². The van der Waals surface area contributed by atoms with E-state index in [9.17, 15) is 0 Å². The smallest absolute Gasteiger partial charge is 0.191 e. The summed E-state index contributed by atoms with van der Waals surface area (Å²) in [4.78, 5) is 9.04. The highest BCUT2D eigenvalue weighted by atomic mass is 16.5. The van der Waals surface area contributed by atoms with E-state index < -0.39 is 0 Å². The van der Waals surface area contributed by atoms with Gasteiger partial charge in [-0.3, -0.25) is 4.98 Å². The standard InChI is InChI=1S/C22H32N4O2/c1-5-23-22(26-16-19-17(3)9-7-13-24-19)25-14-8-10-18-11-12-20(27-4)21(15-18)28-6-2/h7,9,11-13,15H,5-6,8,10,14,16H2,1-4H3,(H2,23,25,26). The number of hydrogen-bond acceptors (Lipinski definition) is 4. The molecule has 0 aliphatic heterocycles. The molecule has 152 valence electrons. The van der Waals surface area contributed by atoms with Crippen LogP contribution in [0.2, 0.25) is 0 Å². The van der Waals surface area contributed by atoms with E-state index in [1.807, 2.05) is 25.3 Å². The second kappa shape index (κ2) is 11.8. The molecular formula is C22H32N4O2. The molecule has 0 radical (unpaired) electrons. The predicted molar refractivity (Wildman–Crippen MR) is 114 cm³/mol. The molecule has 0 aliphatic carbocycles. The van der Waals surface area contributed by atoms with Crippen molar-refractivity contribution in [2.45, 2.75) is 40.2 Å². The zero-order valence-electron chi connectivity index (χ0n) is 17.4. The van der Waals surface area contributed by atoms with E-state index >= 15 is 0 Å². The number of aryl methyl sites for hydroxylation is 2. The lowest BCUT2D eigenvalue weighted by Crippen LogP contribution is -2.37. The highest BCUT2D eigenvalue weighted by Crippen LogP contribution is 2.28. The lowest BCUT2D eigenvalue weighted by molar-refractivity contribution is 0.310. The van der Waals surface area contributed by atoms with Crippen molar-refractivity contribution in [3.8, 4) is 11.5 Å². The van der Waals surface area contributed by atoms with Gasteiger partial charge in [0.25, 0.3) is 0 Å². The van der Waals surface area contributed by atoms with E-state index in [1.165, 1.54) is 5.56 Å². The van der Waals surface area contributed by atoms with Gasteiger partial charge in [0.05, 0.1) is 26.0 Å². The van der Waals surface area contributed by atoms with Crippen molar-refractivity contribution in [3.63, 3.8) is 0 Å². The molecule has 2 rings (SSSR count). The molecule has 0 aliphatic rings. The lowest BCUT2D eigenvalue weighted by Gasteiger charge is -2.13. The zero-order valence-corrected chi connectivity index (χ0v) is 17.4. The van der Waals surface area contributed by atoms with E-state index in [-0.39, 0.29) is 0 Å². The summed E-state index contributed by atoms with van der Waals surface area (Å²) in [7, 11) is 1.66. The van der Waals surface area contributed by atoms with Crippen LogP contribution in [0.4, 0.5) is 0 Å². The van der Waals surface area contributed by atoms with Gasteiger partial charge in [0.2, 0.25) is 0 Å². The number of ether oxygens (including phenoxy) is 2. The summed E-state index contributed by atoms with van der Waals surface area (Å²) in [6.45, 7) is 8.95. The first-order valence-electron chi connectivity index (χ1n) is 9.90. The van der Waals surface area contributed by atoms with Gasteiger partial charge < -0.3 is 20.1 Å². The summed E-state index contributed by atoms with van der Waals surface area (Å²) < 4.78 is 11.0. The van der Waals surface area contributed by atoms with Crippen LogP contribution in [0.5, 0.6) is 11.5 Å². The van der Waals surface area contributed by atoms with Crippen LogP contribution in [0.1, 0.15) is 37.1 Å². The average molecular weight is 385 g/mol. The first kappa shape index (κ1) is 21.5.